The van der Waals surface area contributed by atoms with Crippen molar-refractivity contribution >= 4 is 28.4 Å². The van der Waals surface area contributed by atoms with E-state index in [1.807, 2.05) is 43.4 Å². The average Bonchev–Trinajstić information content (AvgIpc) is 2.11. The van der Waals surface area contributed by atoms with Crippen LogP contribution in [0.1, 0.15) is 20.8 Å². The number of hydrogen-bond acceptors (Lipinski definition) is 2. The molecule has 0 aliphatic carbocycles. The van der Waals surface area contributed by atoms with E-state index in [4.69, 9.17) is 0 Å². The lowest BCUT2D eigenvalue weighted by atomic mass is 9.91. The molecule has 0 fully saturated rings. The van der Waals surface area contributed by atoms with Crippen LogP contribution in [0.15, 0.2) is 23.1 Å². The maximum Gasteiger partial charge on any atom is 0.264 e. The van der Waals surface area contributed by atoms with Crippen LogP contribution in [0, 0.1) is 8.99 Å². The quantitative estimate of drug-likeness (QED) is 0.783. The van der Waals surface area contributed by atoms with Crippen LogP contribution in [0.5, 0.6) is 0 Å². The van der Waals surface area contributed by atoms with Crippen molar-refractivity contribution in [3.05, 3.63) is 32.3 Å². The van der Waals surface area contributed by atoms with Gasteiger partial charge in [0.15, 0.2) is 5.78 Å². The van der Waals surface area contributed by atoms with Crippen molar-refractivity contribution in [2.24, 2.45) is 5.41 Å². The minimum atomic E-state index is -0.402. The highest BCUT2D eigenvalue weighted by Crippen LogP contribution is 2.15. The van der Waals surface area contributed by atoms with E-state index in [2.05, 4.69) is 0 Å². The van der Waals surface area contributed by atoms with Crippen LogP contribution in [0.4, 0.5) is 0 Å². The summed E-state index contributed by atoms with van der Waals surface area (Å²) in [7, 11) is 0. The van der Waals surface area contributed by atoms with Crippen molar-refractivity contribution in [1.29, 1.82) is 0 Å². The molecule has 0 N–H and O–H groups in total. The van der Waals surface area contributed by atoms with Crippen molar-refractivity contribution in [2.45, 2.75) is 27.3 Å². The first-order valence-electron chi connectivity index (χ1n) is 4.70. The van der Waals surface area contributed by atoms with Gasteiger partial charge in [0, 0.05) is 11.6 Å². The number of pyridine rings is 1. The lowest BCUT2D eigenvalue weighted by Crippen LogP contribution is -2.31. The molecular weight excluding hydrogens is 305 g/mol. The van der Waals surface area contributed by atoms with Crippen molar-refractivity contribution in [3.63, 3.8) is 0 Å². The number of hydrogen-bond donors (Lipinski definition) is 0. The van der Waals surface area contributed by atoms with Crippen LogP contribution >= 0.6 is 22.6 Å². The first kappa shape index (κ1) is 12.4. The Morgan fingerprint density at radius 1 is 1.47 bits per heavy atom. The van der Waals surface area contributed by atoms with E-state index in [-0.39, 0.29) is 17.9 Å². The molecule has 4 heteroatoms. The van der Waals surface area contributed by atoms with Gasteiger partial charge in [0.2, 0.25) is 0 Å². The van der Waals surface area contributed by atoms with E-state index in [9.17, 15) is 9.59 Å². The van der Waals surface area contributed by atoms with Gasteiger partial charge in [-0.15, -0.1) is 0 Å². The Labute approximate surface area is 103 Å². The predicted molar refractivity (Wildman–Crippen MR) is 67.9 cm³/mol. The minimum absolute atomic E-state index is 0.0617. The van der Waals surface area contributed by atoms with Crippen LogP contribution in [0.2, 0.25) is 0 Å². The summed E-state index contributed by atoms with van der Waals surface area (Å²) < 4.78 is 2.09. The van der Waals surface area contributed by atoms with Crippen molar-refractivity contribution in [1.82, 2.24) is 4.57 Å². The highest BCUT2D eigenvalue weighted by Gasteiger charge is 2.21. The number of ketones is 1. The molecule has 0 aliphatic rings. The summed E-state index contributed by atoms with van der Waals surface area (Å²) in [6.45, 7) is 5.72. The van der Waals surface area contributed by atoms with Gasteiger partial charge in [-0.25, -0.2) is 0 Å². The molecule has 0 radical (unpaired) electrons. The standard InChI is InChI=1S/C11H14INO2/c1-11(2,3)9(14)7-13-6-4-5-8(12)10(13)15/h4-6H,7H2,1-3H3. The normalized spacial score (nSPS) is 11.5. The summed E-state index contributed by atoms with van der Waals surface area (Å²) in [5.41, 5.74) is -0.503. The zero-order valence-corrected chi connectivity index (χ0v) is 11.2. The zero-order chi connectivity index (χ0) is 11.6. The summed E-state index contributed by atoms with van der Waals surface area (Å²) in [5, 5.41) is 0. The van der Waals surface area contributed by atoms with E-state index in [1.54, 1.807) is 18.3 Å². The Morgan fingerprint density at radius 3 is 2.60 bits per heavy atom. The molecule has 15 heavy (non-hydrogen) atoms. The van der Waals surface area contributed by atoms with Crippen LogP contribution in [-0.4, -0.2) is 10.4 Å². The molecule has 0 saturated carbocycles. The second-order valence-electron chi connectivity index (χ2n) is 4.46. The predicted octanol–water partition coefficient (Wildman–Crippen LogP) is 2.07. The zero-order valence-electron chi connectivity index (χ0n) is 9.08. The second-order valence-corrected chi connectivity index (χ2v) is 5.62. The molecule has 0 spiro atoms. The van der Waals surface area contributed by atoms with E-state index < -0.39 is 5.41 Å². The van der Waals surface area contributed by atoms with Crippen molar-refractivity contribution in [2.75, 3.05) is 0 Å². The first-order valence-corrected chi connectivity index (χ1v) is 5.78. The molecule has 3 nitrogen and oxygen atoms in total. The van der Waals surface area contributed by atoms with E-state index in [0.717, 1.165) is 0 Å². The van der Waals surface area contributed by atoms with Crippen LogP contribution in [0.3, 0.4) is 0 Å². The highest BCUT2D eigenvalue weighted by molar-refractivity contribution is 14.1. The number of aromatic nitrogens is 1. The fourth-order valence-electron chi connectivity index (χ4n) is 1.02. The summed E-state index contributed by atoms with van der Waals surface area (Å²) in [6.07, 6.45) is 1.65. The number of carbonyl (C=O) groups excluding carboxylic acids is 1. The summed E-state index contributed by atoms with van der Waals surface area (Å²) in [4.78, 5) is 23.4. The van der Waals surface area contributed by atoms with Gasteiger partial charge in [0.25, 0.3) is 5.56 Å². The van der Waals surface area contributed by atoms with Gasteiger partial charge in [-0.05, 0) is 34.7 Å². The van der Waals surface area contributed by atoms with Crippen molar-refractivity contribution in [3.8, 4) is 0 Å². The first-order chi connectivity index (χ1) is 6.82. The van der Waals surface area contributed by atoms with Crippen LogP contribution < -0.4 is 5.56 Å². The number of Topliss-reactive ketones (excluding diaryl/α,β-unsaturated/α-hetero) is 1. The number of carbonyl (C=O) groups is 1. The minimum Gasteiger partial charge on any atom is -0.307 e. The molecule has 0 aliphatic heterocycles. The number of rotatable bonds is 2. The average molecular weight is 319 g/mol. The molecule has 0 bridgehead atoms. The third-order valence-corrected chi connectivity index (χ3v) is 2.95. The fourth-order valence-corrected chi connectivity index (χ4v) is 1.54. The lowest BCUT2D eigenvalue weighted by Gasteiger charge is -2.17. The van der Waals surface area contributed by atoms with Gasteiger partial charge in [-0.1, -0.05) is 20.8 Å². The van der Waals surface area contributed by atoms with E-state index >= 15 is 0 Å². The fraction of sp³-hybridized carbons (Fsp3) is 0.455. The monoisotopic (exact) mass is 319 g/mol. The molecule has 0 amide bonds. The van der Waals surface area contributed by atoms with E-state index in [0.29, 0.717) is 3.57 Å². The molecule has 1 heterocycles. The molecule has 0 saturated heterocycles. The molecule has 1 aromatic rings. The second kappa shape index (κ2) is 4.47. The Balaban J connectivity index is 2.97. The van der Waals surface area contributed by atoms with Gasteiger partial charge in [-0.3, -0.25) is 9.59 Å². The third-order valence-electron chi connectivity index (χ3n) is 2.12. The topological polar surface area (TPSA) is 39.1 Å². The summed E-state index contributed by atoms with van der Waals surface area (Å²) in [5.74, 6) is 0.0617. The van der Waals surface area contributed by atoms with Crippen LogP contribution in [0.25, 0.3) is 0 Å². The number of halogens is 1. The Hall–Kier alpha value is -0.650. The third kappa shape index (κ3) is 3.15. The van der Waals surface area contributed by atoms with Gasteiger partial charge in [-0.2, -0.15) is 0 Å². The van der Waals surface area contributed by atoms with Gasteiger partial charge < -0.3 is 4.57 Å². The van der Waals surface area contributed by atoms with E-state index in [1.165, 1.54) is 4.57 Å². The molecule has 0 aromatic carbocycles. The van der Waals surface area contributed by atoms with Gasteiger partial charge >= 0.3 is 0 Å². The molecular formula is C11H14INO2. The molecule has 82 valence electrons. The molecule has 0 atom stereocenters. The lowest BCUT2D eigenvalue weighted by molar-refractivity contribution is -0.126. The summed E-state index contributed by atoms with van der Waals surface area (Å²) in [6, 6.07) is 3.51. The summed E-state index contributed by atoms with van der Waals surface area (Å²) >= 11 is 1.97. The smallest absolute Gasteiger partial charge is 0.264 e. The van der Waals surface area contributed by atoms with Crippen LogP contribution in [-0.2, 0) is 11.3 Å². The maximum absolute atomic E-state index is 11.7. The van der Waals surface area contributed by atoms with Gasteiger partial charge in [0.05, 0.1) is 10.1 Å². The Bertz CT molecular complexity index is 429. The molecule has 1 aromatic heterocycles. The SMILES string of the molecule is CC(C)(C)C(=O)Cn1cccc(I)c1=O. The van der Waals surface area contributed by atoms with Crippen molar-refractivity contribution < 1.29 is 4.79 Å². The molecule has 0 unspecified atom stereocenters. The van der Waals surface area contributed by atoms with Gasteiger partial charge in [0.1, 0.15) is 0 Å². The maximum atomic E-state index is 11.7. The number of nitrogens with zero attached hydrogens (tertiary/aromatic N) is 1. The Kier molecular flexibility index (Phi) is 3.70. The molecule has 1 rings (SSSR count). The largest absolute Gasteiger partial charge is 0.307 e. The Morgan fingerprint density at radius 2 is 2.07 bits per heavy atom. The highest BCUT2D eigenvalue weighted by atomic mass is 127.